The summed E-state index contributed by atoms with van der Waals surface area (Å²) < 4.78 is 14.3. The van der Waals surface area contributed by atoms with E-state index in [0.717, 1.165) is 42.8 Å². The van der Waals surface area contributed by atoms with Crippen molar-refractivity contribution in [1.29, 1.82) is 0 Å². The highest BCUT2D eigenvalue weighted by Gasteiger charge is 2.19. The minimum Gasteiger partial charge on any atom is -0.381 e. The van der Waals surface area contributed by atoms with Gasteiger partial charge in [-0.3, -0.25) is 0 Å². The number of hydrogen-bond donors (Lipinski definition) is 1. The summed E-state index contributed by atoms with van der Waals surface area (Å²) in [6.45, 7) is 6.07. The second-order valence-electron chi connectivity index (χ2n) is 5.65. The maximum absolute atomic E-state index is 14.3. The van der Waals surface area contributed by atoms with Gasteiger partial charge in [0.2, 0.25) is 0 Å². The maximum Gasteiger partial charge on any atom is 0.139 e. The number of nitrogens with one attached hydrogen (secondary N) is 1. The van der Waals surface area contributed by atoms with Gasteiger partial charge in [0.05, 0.1) is 17.3 Å². The van der Waals surface area contributed by atoms with Gasteiger partial charge in [-0.15, -0.1) is 0 Å². The highest BCUT2D eigenvalue weighted by atomic mass is 19.1. The van der Waals surface area contributed by atoms with Gasteiger partial charge in [-0.25, -0.2) is 9.37 Å². The summed E-state index contributed by atoms with van der Waals surface area (Å²) in [5, 5.41) is 4.90. The monoisotopic (exact) mass is 273 g/mol. The number of aromatic nitrogens is 1. The summed E-state index contributed by atoms with van der Waals surface area (Å²) in [7, 11) is 0. The molecule has 0 spiro atoms. The molecule has 1 N–H and O–H groups in total. The first-order chi connectivity index (χ1) is 9.66. The Morgan fingerprint density at radius 3 is 2.70 bits per heavy atom. The molecule has 1 aromatic carbocycles. The van der Waals surface area contributed by atoms with Gasteiger partial charge >= 0.3 is 0 Å². The minimum absolute atomic E-state index is 0.190. The Balaban J connectivity index is 2.17. The van der Waals surface area contributed by atoms with Gasteiger partial charge in [0.25, 0.3) is 0 Å². The van der Waals surface area contributed by atoms with Gasteiger partial charge in [0.1, 0.15) is 11.6 Å². The zero-order valence-electron chi connectivity index (χ0n) is 12.0. The molecular formula is C16H20FN3. The molecule has 1 aromatic heterocycles. The summed E-state index contributed by atoms with van der Waals surface area (Å²) >= 11 is 0. The summed E-state index contributed by atoms with van der Waals surface area (Å²) in [5.74, 6) is 0.592. The third-order valence-electron chi connectivity index (χ3n) is 3.69. The van der Waals surface area contributed by atoms with Crippen molar-refractivity contribution < 1.29 is 4.39 Å². The summed E-state index contributed by atoms with van der Waals surface area (Å²) in [4.78, 5) is 6.71. The first-order valence-corrected chi connectivity index (χ1v) is 7.25. The van der Waals surface area contributed by atoms with E-state index in [4.69, 9.17) is 0 Å². The number of anilines is 2. The minimum atomic E-state index is -0.190. The Bertz CT molecular complexity index is 618. The van der Waals surface area contributed by atoms with Crippen LogP contribution in [-0.2, 0) is 0 Å². The highest BCUT2D eigenvalue weighted by molar-refractivity contribution is 6.00. The molecule has 1 saturated heterocycles. The molecule has 4 heteroatoms. The number of rotatable bonds is 3. The average molecular weight is 273 g/mol. The Labute approximate surface area is 118 Å². The lowest BCUT2D eigenvalue weighted by atomic mass is 10.1. The summed E-state index contributed by atoms with van der Waals surface area (Å²) in [5.41, 5.74) is 0.900. The van der Waals surface area contributed by atoms with E-state index < -0.39 is 0 Å². The van der Waals surface area contributed by atoms with Crippen molar-refractivity contribution >= 4 is 22.3 Å². The quantitative estimate of drug-likeness (QED) is 0.922. The van der Waals surface area contributed by atoms with Gasteiger partial charge in [0.15, 0.2) is 0 Å². The van der Waals surface area contributed by atoms with Gasteiger partial charge in [-0.2, -0.15) is 0 Å². The number of hydrogen-bond acceptors (Lipinski definition) is 3. The molecule has 0 atom stereocenters. The van der Waals surface area contributed by atoms with Crippen molar-refractivity contribution in [2.75, 3.05) is 23.3 Å². The predicted molar refractivity (Wildman–Crippen MR) is 81.9 cm³/mol. The van der Waals surface area contributed by atoms with E-state index in [1.54, 1.807) is 6.07 Å². The fourth-order valence-corrected chi connectivity index (χ4v) is 2.83. The molecule has 2 aromatic rings. The zero-order valence-corrected chi connectivity index (χ0v) is 12.0. The number of benzene rings is 1. The van der Waals surface area contributed by atoms with Crippen LogP contribution < -0.4 is 10.2 Å². The van der Waals surface area contributed by atoms with Crippen molar-refractivity contribution in [2.24, 2.45) is 0 Å². The van der Waals surface area contributed by atoms with E-state index in [0.29, 0.717) is 11.4 Å². The van der Waals surface area contributed by atoms with Crippen LogP contribution in [0, 0.1) is 5.82 Å². The maximum atomic E-state index is 14.3. The van der Waals surface area contributed by atoms with Crippen LogP contribution in [0.15, 0.2) is 24.4 Å². The van der Waals surface area contributed by atoms with Crippen LogP contribution in [0.4, 0.5) is 15.9 Å². The Morgan fingerprint density at radius 1 is 1.25 bits per heavy atom. The number of halogens is 1. The fourth-order valence-electron chi connectivity index (χ4n) is 2.83. The standard InChI is InChI=1S/C16H20FN3/c1-11(2)19-14-10-18-16(20-8-3-4-9-20)15-12(14)6-5-7-13(15)17/h5-7,10-11,19H,3-4,8-9H2,1-2H3. The van der Waals surface area contributed by atoms with Gasteiger partial charge in [0, 0.05) is 24.5 Å². The van der Waals surface area contributed by atoms with Crippen LogP contribution in [0.1, 0.15) is 26.7 Å². The second-order valence-corrected chi connectivity index (χ2v) is 5.65. The number of fused-ring (bicyclic) bond motifs is 1. The molecule has 0 bridgehead atoms. The molecule has 0 saturated carbocycles. The van der Waals surface area contributed by atoms with Crippen molar-refractivity contribution in [3.05, 3.63) is 30.2 Å². The van der Waals surface area contributed by atoms with Crippen LogP contribution in [0.25, 0.3) is 10.8 Å². The average Bonchev–Trinajstić information content (AvgIpc) is 2.93. The topological polar surface area (TPSA) is 28.2 Å². The molecule has 0 amide bonds. The molecule has 3 rings (SSSR count). The Morgan fingerprint density at radius 2 is 2.00 bits per heavy atom. The lowest BCUT2D eigenvalue weighted by Crippen LogP contribution is -2.20. The van der Waals surface area contributed by atoms with Gasteiger partial charge in [-0.05, 0) is 32.8 Å². The molecule has 1 aliphatic heterocycles. The highest BCUT2D eigenvalue weighted by Crippen LogP contribution is 2.33. The zero-order chi connectivity index (χ0) is 14.1. The van der Waals surface area contributed by atoms with E-state index >= 15 is 0 Å². The Hall–Kier alpha value is -1.84. The van der Waals surface area contributed by atoms with E-state index in [1.165, 1.54) is 6.07 Å². The molecule has 0 aliphatic carbocycles. The van der Waals surface area contributed by atoms with Crippen LogP contribution in [0.5, 0.6) is 0 Å². The molecular weight excluding hydrogens is 253 g/mol. The molecule has 2 heterocycles. The molecule has 106 valence electrons. The predicted octanol–water partition coefficient (Wildman–Crippen LogP) is 3.79. The Kier molecular flexibility index (Phi) is 3.47. The third kappa shape index (κ3) is 2.30. The van der Waals surface area contributed by atoms with Crippen molar-refractivity contribution in [2.45, 2.75) is 32.7 Å². The van der Waals surface area contributed by atoms with Crippen LogP contribution >= 0.6 is 0 Å². The lowest BCUT2D eigenvalue weighted by molar-refractivity contribution is 0.639. The summed E-state index contributed by atoms with van der Waals surface area (Å²) in [6, 6.07) is 5.53. The van der Waals surface area contributed by atoms with E-state index in [-0.39, 0.29) is 5.82 Å². The van der Waals surface area contributed by atoms with Crippen LogP contribution in [0.3, 0.4) is 0 Å². The first-order valence-electron chi connectivity index (χ1n) is 7.25. The van der Waals surface area contributed by atoms with Gasteiger partial charge < -0.3 is 10.2 Å². The number of pyridine rings is 1. The second kappa shape index (κ2) is 5.27. The lowest BCUT2D eigenvalue weighted by Gasteiger charge is -2.21. The first kappa shape index (κ1) is 13.2. The third-order valence-corrected chi connectivity index (χ3v) is 3.69. The fraction of sp³-hybridized carbons (Fsp3) is 0.438. The van der Waals surface area contributed by atoms with Crippen LogP contribution in [0.2, 0.25) is 0 Å². The van der Waals surface area contributed by atoms with E-state index in [2.05, 4.69) is 29.0 Å². The van der Waals surface area contributed by atoms with Crippen molar-refractivity contribution in [1.82, 2.24) is 4.98 Å². The SMILES string of the molecule is CC(C)Nc1cnc(N2CCCC2)c2c(F)cccc12. The largest absolute Gasteiger partial charge is 0.381 e. The normalized spacial score (nSPS) is 15.3. The van der Waals surface area contributed by atoms with Crippen molar-refractivity contribution in [3.63, 3.8) is 0 Å². The van der Waals surface area contributed by atoms with Crippen LogP contribution in [-0.4, -0.2) is 24.1 Å². The molecule has 1 aliphatic rings. The molecule has 20 heavy (non-hydrogen) atoms. The smallest absolute Gasteiger partial charge is 0.139 e. The van der Waals surface area contributed by atoms with Gasteiger partial charge in [-0.1, -0.05) is 12.1 Å². The summed E-state index contributed by atoms with van der Waals surface area (Å²) in [6.07, 6.45) is 4.14. The number of nitrogens with zero attached hydrogens (tertiary/aromatic N) is 2. The van der Waals surface area contributed by atoms with E-state index in [9.17, 15) is 4.39 Å². The molecule has 3 nitrogen and oxygen atoms in total. The molecule has 0 radical (unpaired) electrons. The van der Waals surface area contributed by atoms with Crippen molar-refractivity contribution in [3.8, 4) is 0 Å². The molecule has 0 unspecified atom stereocenters. The molecule has 1 fully saturated rings. The van der Waals surface area contributed by atoms with E-state index in [1.807, 2.05) is 12.3 Å².